The van der Waals surface area contributed by atoms with E-state index in [-0.39, 0.29) is 12.0 Å². The summed E-state index contributed by atoms with van der Waals surface area (Å²) in [7, 11) is 0. The zero-order chi connectivity index (χ0) is 17.8. The van der Waals surface area contributed by atoms with Gasteiger partial charge in [0.25, 0.3) is 5.91 Å². The zero-order valence-electron chi connectivity index (χ0n) is 14.0. The molecule has 0 unspecified atom stereocenters. The van der Waals surface area contributed by atoms with Crippen LogP contribution in [-0.4, -0.2) is 16.6 Å². The van der Waals surface area contributed by atoms with Crippen molar-refractivity contribution in [1.29, 1.82) is 0 Å². The van der Waals surface area contributed by atoms with Gasteiger partial charge >= 0.3 is 0 Å². The van der Waals surface area contributed by atoms with Crippen LogP contribution >= 0.6 is 0 Å². The molecule has 1 aliphatic heterocycles. The number of benzene rings is 2. The average molecular weight is 343 g/mol. The van der Waals surface area contributed by atoms with Gasteiger partial charge in [0, 0.05) is 18.2 Å². The molecule has 5 heteroatoms. The first kappa shape index (κ1) is 16.0. The van der Waals surface area contributed by atoms with E-state index in [1.807, 2.05) is 54.6 Å². The van der Waals surface area contributed by atoms with Gasteiger partial charge in [-0.3, -0.25) is 9.78 Å². The summed E-state index contributed by atoms with van der Waals surface area (Å²) >= 11 is 0. The van der Waals surface area contributed by atoms with Gasteiger partial charge in [0.2, 0.25) is 0 Å². The number of rotatable bonds is 3. The van der Waals surface area contributed by atoms with Crippen LogP contribution in [0.25, 0.3) is 0 Å². The lowest BCUT2D eigenvalue weighted by atomic mass is 9.96. The number of carbonyl (C=O) groups excluding carboxylic acids is 1. The molecule has 128 valence electrons. The Kier molecular flexibility index (Phi) is 4.43. The molecule has 0 saturated carbocycles. The zero-order valence-corrected chi connectivity index (χ0v) is 14.0. The number of hydrogen-bond donors (Lipinski definition) is 1. The summed E-state index contributed by atoms with van der Waals surface area (Å²) in [4.78, 5) is 16.3. The summed E-state index contributed by atoms with van der Waals surface area (Å²) in [6, 6.07) is 22.9. The first-order valence-corrected chi connectivity index (χ1v) is 8.40. The molecule has 1 amide bonds. The van der Waals surface area contributed by atoms with E-state index in [9.17, 15) is 4.79 Å². The molecule has 0 radical (unpaired) electrons. The fourth-order valence-corrected chi connectivity index (χ4v) is 2.92. The van der Waals surface area contributed by atoms with Gasteiger partial charge in [-0.2, -0.15) is 5.10 Å². The van der Waals surface area contributed by atoms with Crippen molar-refractivity contribution in [1.82, 2.24) is 10.4 Å². The number of hydrogen-bond acceptors (Lipinski definition) is 4. The van der Waals surface area contributed by atoms with Crippen LogP contribution in [-0.2, 0) is 0 Å². The second kappa shape index (κ2) is 7.19. The highest BCUT2D eigenvalue weighted by Gasteiger charge is 2.26. The van der Waals surface area contributed by atoms with E-state index in [1.54, 1.807) is 24.4 Å². The first-order valence-electron chi connectivity index (χ1n) is 8.40. The Balaban J connectivity index is 1.62. The quantitative estimate of drug-likeness (QED) is 0.737. The Morgan fingerprint density at radius 2 is 1.77 bits per heavy atom. The molecule has 0 spiro atoms. The second-order valence-electron chi connectivity index (χ2n) is 5.93. The van der Waals surface area contributed by atoms with Gasteiger partial charge in [0.15, 0.2) is 0 Å². The summed E-state index contributed by atoms with van der Waals surface area (Å²) in [6.07, 6.45) is 2.01. The van der Waals surface area contributed by atoms with Crippen molar-refractivity contribution in [3.05, 3.63) is 95.8 Å². The highest BCUT2D eigenvalue weighted by molar-refractivity contribution is 6.05. The van der Waals surface area contributed by atoms with Gasteiger partial charge in [0.05, 0.1) is 5.71 Å². The summed E-state index contributed by atoms with van der Waals surface area (Å²) < 4.78 is 6.13. The summed E-state index contributed by atoms with van der Waals surface area (Å²) in [5.74, 6) is 0.428. The van der Waals surface area contributed by atoms with Crippen LogP contribution in [0.4, 0.5) is 0 Å². The molecular formula is C21H17N3O2. The molecule has 26 heavy (non-hydrogen) atoms. The molecule has 2 aromatic carbocycles. The van der Waals surface area contributed by atoms with E-state index >= 15 is 0 Å². The van der Waals surface area contributed by atoms with Crippen LogP contribution < -0.4 is 10.2 Å². The van der Waals surface area contributed by atoms with Crippen molar-refractivity contribution >= 4 is 11.6 Å². The van der Waals surface area contributed by atoms with Gasteiger partial charge in [-0.05, 0) is 29.8 Å². The normalized spacial score (nSPS) is 17.2. The predicted molar refractivity (Wildman–Crippen MR) is 99.1 cm³/mol. The van der Waals surface area contributed by atoms with E-state index in [0.717, 1.165) is 22.6 Å². The van der Waals surface area contributed by atoms with Crippen LogP contribution in [0.1, 0.15) is 34.1 Å². The van der Waals surface area contributed by atoms with Crippen molar-refractivity contribution in [2.75, 3.05) is 0 Å². The number of nitrogens with zero attached hydrogens (tertiary/aromatic N) is 2. The monoisotopic (exact) mass is 343 g/mol. The van der Waals surface area contributed by atoms with E-state index in [1.165, 1.54) is 0 Å². The number of hydrazone groups is 1. The third-order valence-electron chi connectivity index (χ3n) is 4.21. The highest BCUT2D eigenvalue weighted by atomic mass is 16.5. The molecule has 1 aliphatic rings. The number of pyridine rings is 1. The van der Waals surface area contributed by atoms with E-state index in [4.69, 9.17) is 4.74 Å². The van der Waals surface area contributed by atoms with Gasteiger partial charge in [-0.15, -0.1) is 0 Å². The number of ether oxygens (including phenoxy) is 1. The summed E-state index contributed by atoms with van der Waals surface area (Å²) in [5.41, 5.74) is 5.69. The van der Waals surface area contributed by atoms with Crippen LogP contribution in [0, 0.1) is 0 Å². The lowest BCUT2D eigenvalue weighted by Gasteiger charge is -2.27. The van der Waals surface area contributed by atoms with Crippen molar-refractivity contribution < 1.29 is 9.53 Å². The Hall–Kier alpha value is -3.47. The first-order chi connectivity index (χ1) is 12.8. The smallest absolute Gasteiger partial charge is 0.289 e. The molecule has 1 atom stereocenters. The third kappa shape index (κ3) is 3.32. The third-order valence-corrected chi connectivity index (χ3v) is 4.21. The van der Waals surface area contributed by atoms with Crippen LogP contribution in [0.3, 0.4) is 0 Å². The molecular weight excluding hydrogens is 326 g/mol. The number of carbonyl (C=O) groups is 1. The molecule has 0 bridgehead atoms. The van der Waals surface area contributed by atoms with Crippen molar-refractivity contribution in [3.63, 3.8) is 0 Å². The van der Waals surface area contributed by atoms with Gasteiger partial charge in [0.1, 0.15) is 17.5 Å². The Bertz CT molecular complexity index is 940. The lowest BCUT2D eigenvalue weighted by molar-refractivity contribution is 0.0949. The van der Waals surface area contributed by atoms with E-state index in [2.05, 4.69) is 15.5 Å². The molecule has 3 aromatic rings. The molecule has 2 heterocycles. The van der Waals surface area contributed by atoms with Crippen LogP contribution in [0.2, 0.25) is 0 Å². The molecule has 4 rings (SSSR count). The van der Waals surface area contributed by atoms with Crippen LogP contribution in [0.5, 0.6) is 5.75 Å². The number of para-hydroxylation sites is 1. The van der Waals surface area contributed by atoms with Crippen molar-refractivity contribution in [2.45, 2.75) is 12.5 Å². The summed E-state index contributed by atoms with van der Waals surface area (Å²) in [6.45, 7) is 0. The lowest BCUT2D eigenvalue weighted by Crippen LogP contribution is -2.25. The van der Waals surface area contributed by atoms with Gasteiger partial charge in [-0.1, -0.05) is 48.5 Å². The van der Waals surface area contributed by atoms with Gasteiger partial charge < -0.3 is 4.74 Å². The van der Waals surface area contributed by atoms with Gasteiger partial charge in [-0.25, -0.2) is 5.43 Å². The maximum absolute atomic E-state index is 12.2. The number of fused-ring (bicyclic) bond motifs is 1. The maximum Gasteiger partial charge on any atom is 0.289 e. The van der Waals surface area contributed by atoms with Crippen molar-refractivity contribution in [3.8, 4) is 5.75 Å². The number of aromatic nitrogens is 1. The topological polar surface area (TPSA) is 63.6 Å². The Labute approximate surface area is 151 Å². The van der Waals surface area contributed by atoms with E-state index in [0.29, 0.717) is 12.1 Å². The number of nitrogens with one attached hydrogen (secondary N) is 1. The minimum absolute atomic E-state index is 0.142. The van der Waals surface area contributed by atoms with Crippen LogP contribution in [0.15, 0.2) is 84.1 Å². The fourth-order valence-electron chi connectivity index (χ4n) is 2.92. The predicted octanol–water partition coefficient (Wildman–Crippen LogP) is 3.74. The fraction of sp³-hybridized carbons (Fsp3) is 0.0952. The SMILES string of the molecule is O=C(N/N=C1/C[C@H](c2ccccc2)Oc2ccccc21)c1ccccn1. The molecule has 0 aliphatic carbocycles. The summed E-state index contributed by atoms with van der Waals surface area (Å²) in [5, 5.41) is 4.37. The average Bonchev–Trinajstić information content (AvgIpc) is 2.73. The molecule has 5 nitrogen and oxygen atoms in total. The molecule has 1 N–H and O–H groups in total. The maximum atomic E-state index is 12.2. The molecule has 1 aromatic heterocycles. The van der Waals surface area contributed by atoms with Crippen molar-refractivity contribution in [2.24, 2.45) is 5.10 Å². The second-order valence-corrected chi connectivity index (χ2v) is 5.93. The highest BCUT2D eigenvalue weighted by Crippen LogP contribution is 2.34. The largest absolute Gasteiger partial charge is 0.485 e. The Morgan fingerprint density at radius 1 is 1.00 bits per heavy atom. The van der Waals surface area contributed by atoms with E-state index < -0.39 is 0 Å². The standard InChI is InChI=1S/C21H17N3O2/c25-21(17-11-6-7-13-22-17)24-23-18-14-20(15-8-2-1-3-9-15)26-19-12-5-4-10-16(18)19/h1-13,20H,14H2,(H,24,25)/b23-18-/t20-/m1/s1. The molecule has 0 fully saturated rings. The number of amides is 1. The minimum Gasteiger partial charge on any atom is -0.485 e. The molecule has 0 saturated heterocycles. The Morgan fingerprint density at radius 3 is 2.58 bits per heavy atom. The minimum atomic E-state index is -0.335.